The van der Waals surface area contributed by atoms with E-state index in [-0.39, 0.29) is 6.04 Å². The van der Waals surface area contributed by atoms with Crippen molar-refractivity contribution in [3.8, 4) is 0 Å². The molecule has 0 bridgehead atoms. The molecule has 2 aromatic rings. The van der Waals surface area contributed by atoms with Crippen LogP contribution in [0.4, 0.5) is 4.39 Å². The molecule has 0 fully saturated rings. The second kappa shape index (κ2) is 4.66. The summed E-state index contributed by atoms with van der Waals surface area (Å²) >= 11 is 0. The van der Waals surface area contributed by atoms with Gasteiger partial charge in [-0.3, -0.25) is 0 Å². The molecule has 0 aliphatic rings. The van der Waals surface area contributed by atoms with Gasteiger partial charge in [0.05, 0.1) is 0 Å². The summed E-state index contributed by atoms with van der Waals surface area (Å²) in [5, 5.41) is 4.00. The summed E-state index contributed by atoms with van der Waals surface area (Å²) in [7, 11) is 0. The number of hydrogen-bond acceptors (Lipinski definition) is 2. The second-order valence-corrected chi connectivity index (χ2v) is 3.93. The summed E-state index contributed by atoms with van der Waals surface area (Å²) in [5.74, 6) is 0.398. The number of likely N-dealkylation sites (N-methyl/N-ethyl adjacent to an activating group) is 1. The first-order valence-corrected chi connectivity index (χ1v) is 5.58. The Morgan fingerprint density at radius 1 is 1.38 bits per heavy atom. The van der Waals surface area contributed by atoms with Crippen molar-refractivity contribution >= 4 is 11.0 Å². The molecular weight excluding hydrogens is 205 g/mol. The Kier molecular flexibility index (Phi) is 3.25. The summed E-state index contributed by atoms with van der Waals surface area (Å²) in [5.41, 5.74) is 0.740. The third-order valence-corrected chi connectivity index (χ3v) is 2.68. The highest BCUT2D eigenvalue weighted by Crippen LogP contribution is 2.27. The first-order chi connectivity index (χ1) is 7.72. The van der Waals surface area contributed by atoms with Gasteiger partial charge in [-0.25, -0.2) is 4.39 Å². The van der Waals surface area contributed by atoms with E-state index in [2.05, 4.69) is 5.32 Å². The van der Waals surface area contributed by atoms with Crippen molar-refractivity contribution in [1.82, 2.24) is 5.32 Å². The van der Waals surface area contributed by atoms with Gasteiger partial charge in [0.1, 0.15) is 11.3 Å². The predicted octanol–water partition coefficient (Wildman–Crippen LogP) is 3.44. The highest BCUT2D eigenvalue weighted by Gasteiger charge is 2.21. The minimum absolute atomic E-state index is 0.231. The Balaban J connectivity index is 2.26. The van der Waals surface area contributed by atoms with Crippen molar-refractivity contribution in [3.05, 3.63) is 36.1 Å². The Bertz CT molecular complexity index is 433. The zero-order valence-electron chi connectivity index (χ0n) is 9.53. The Morgan fingerprint density at radius 2 is 2.12 bits per heavy atom. The maximum atomic E-state index is 14.0. The smallest absolute Gasteiger partial charge is 0.172 e. The van der Waals surface area contributed by atoms with Gasteiger partial charge in [0.2, 0.25) is 0 Å². The fourth-order valence-electron chi connectivity index (χ4n) is 1.81. The van der Waals surface area contributed by atoms with E-state index in [0.717, 1.165) is 17.5 Å². The third kappa shape index (κ3) is 2.09. The molecule has 0 saturated heterocycles. The van der Waals surface area contributed by atoms with Crippen molar-refractivity contribution in [2.45, 2.75) is 26.1 Å². The fraction of sp³-hybridized carbons (Fsp3) is 0.385. The normalized spacial score (nSPS) is 15.2. The third-order valence-electron chi connectivity index (χ3n) is 2.68. The van der Waals surface area contributed by atoms with E-state index in [1.54, 1.807) is 6.07 Å². The van der Waals surface area contributed by atoms with Crippen LogP contribution in [0.15, 0.2) is 34.7 Å². The van der Waals surface area contributed by atoms with Crippen LogP contribution in [0, 0.1) is 0 Å². The van der Waals surface area contributed by atoms with Crippen LogP contribution in [0.2, 0.25) is 0 Å². The Hall–Kier alpha value is -1.35. The van der Waals surface area contributed by atoms with Crippen LogP contribution in [0.5, 0.6) is 0 Å². The number of nitrogens with one attached hydrogen (secondary N) is 1. The summed E-state index contributed by atoms with van der Waals surface area (Å²) in [6.45, 7) is 4.53. The fourth-order valence-corrected chi connectivity index (χ4v) is 1.81. The van der Waals surface area contributed by atoms with Crippen LogP contribution in [0.25, 0.3) is 11.0 Å². The average Bonchev–Trinajstić information content (AvgIpc) is 2.71. The molecule has 0 amide bonds. The number of hydrogen-bond donors (Lipinski definition) is 1. The van der Waals surface area contributed by atoms with Gasteiger partial charge in [0, 0.05) is 11.4 Å². The number of rotatable bonds is 4. The first-order valence-electron chi connectivity index (χ1n) is 5.58. The first kappa shape index (κ1) is 11.1. The lowest BCUT2D eigenvalue weighted by molar-refractivity contribution is 0.233. The lowest BCUT2D eigenvalue weighted by atomic mass is 10.1. The van der Waals surface area contributed by atoms with E-state index in [0.29, 0.717) is 5.76 Å². The largest absolute Gasteiger partial charge is 0.458 e. The average molecular weight is 221 g/mol. The van der Waals surface area contributed by atoms with E-state index in [1.165, 1.54) is 0 Å². The molecule has 1 heterocycles. The van der Waals surface area contributed by atoms with Gasteiger partial charge in [-0.05, 0) is 25.6 Å². The zero-order chi connectivity index (χ0) is 11.5. The maximum Gasteiger partial charge on any atom is 0.172 e. The number of furan rings is 1. The maximum absolute atomic E-state index is 14.0. The van der Waals surface area contributed by atoms with E-state index < -0.39 is 6.17 Å². The summed E-state index contributed by atoms with van der Waals surface area (Å²) in [6.07, 6.45) is -1.10. The van der Waals surface area contributed by atoms with Gasteiger partial charge in [-0.1, -0.05) is 25.1 Å². The zero-order valence-corrected chi connectivity index (χ0v) is 9.53. The number of benzene rings is 1. The van der Waals surface area contributed by atoms with Gasteiger partial charge in [-0.2, -0.15) is 0 Å². The Morgan fingerprint density at radius 3 is 2.81 bits per heavy atom. The minimum atomic E-state index is -1.10. The molecule has 0 spiro atoms. The SMILES string of the molecule is CCNC(C)C(F)c1cc2ccccc2o1. The standard InChI is InChI=1S/C13H16FNO/c1-3-15-9(2)13(14)12-8-10-6-4-5-7-11(10)16-12/h4-9,13,15H,3H2,1-2H3. The highest BCUT2D eigenvalue weighted by molar-refractivity contribution is 5.77. The van der Waals surface area contributed by atoms with Crippen LogP contribution in [0.1, 0.15) is 25.8 Å². The molecule has 2 atom stereocenters. The number of alkyl halides is 1. The molecule has 0 radical (unpaired) electrons. The molecule has 16 heavy (non-hydrogen) atoms. The summed E-state index contributed by atoms with van der Waals surface area (Å²) < 4.78 is 19.5. The quantitative estimate of drug-likeness (QED) is 0.855. The molecule has 2 unspecified atom stereocenters. The number of fused-ring (bicyclic) bond motifs is 1. The molecule has 1 aromatic carbocycles. The molecule has 1 aromatic heterocycles. The number of para-hydroxylation sites is 1. The van der Waals surface area contributed by atoms with Crippen LogP contribution in [-0.4, -0.2) is 12.6 Å². The van der Waals surface area contributed by atoms with Crippen molar-refractivity contribution in [3.63, 3.8) is 0 Å². The van der Waals surface area contributed by atoms with Crippen molar-refractivity contribution < 1.29 is 8.81 Å². The summed E-state index contributed by atoms with van der Waals surface area (Å²) in [4.78, 5) is 0. The number of halogens is 1. The topological polar surface area (TPSA) is 25.2 Å². The molecule has 86 valence electrons. The highest BCUT2D eigenvalue weighted by atomic mass is 19.1. The van der Waals surface area contributed by atoms with E-state index in [9.17, 15) is 4.39 Å². The lowest BCUT2D eigenvalue weighted by Crippen LogP contribution is -2.29. The summed E-state index contributed by atoms with van der Waals surface area (Å²) in [6, 6.07) is 9.12. The van der Waals surface area contributed by atoms with E-state index in [4.69, 9.17) is 4.42 Å². The molecule has 0 aliphatic heterocycles. The van der Waals surface area contributed by atoms with Crippen LogP contribution < -0.4 is 5.32 Å². The van der Waals surface area contributed by atoms with Crippen LogP contribution in [0.3, 0.4) is 0 Å². The van der Waals surface area contributed by atoms with Gasteiger partial charge >= 0.3 is 0 Å². The van der Waals surface area contributed by atoms with Crippen LogP contribution in [-0.2, 0) is 0 Å². The molecule has 2 nitrogen and oxygen atoms in total. The second-order valence-electron chi connectivity index (χ2n) is 3.93. The molecule has 0 saturated carbocycles. The van der Waals surface area contributed by atoms with E-state index >= 15 is 0 Å². The van der Waals surface area contributed by atoms with Gasteiger partial charge in [-0.15, -0.1) is 0 Å². The van der Waals surface area contributed by atoms with Crippen molar-refractivity contribution in [1.29, 1.82) is 0 Å². The predicted molar refractivity (Wildman–Crippen MR) is 63.2 cm³/mol. The van der Waals surface area contributed by atoms with Crippen molar-refractivity contribution in [2.75, 3.05) is 6.54 Å². The molecule has 2 rings (SSSR count). The molecule has 0 aliphatic carbocycles. The lowest BCUT2D eigenvalue weighted by Gasteiger charge is -2.14. The Labute approximate surface area is 94.4 Å². The van der Waals surface area contributed by atoms with Crippen molar-refractivity contribution in [2.24, 2.45) is 0 Å². The van der Waals surface area contributed by atoms with Gasteiger partial charge in [0.25, 0.3) is 0 Å². The molecule has 1 N–H and O–H groups in total. The van der Waals surface area contributed by atoms with Crippen LogP contribution >= 0.6 is 0 Å². The van der Waals surface area contributed by atoms with Gasteiger partial charge in [0.15, 0.2) is 6.17 Å². The monoisotopic (exact) mass is 221 g/mol. The minimum Gasteiger partial charge on any atom is -0.458 e. The van der Waals surface area contributed by atoms with E-state index in [1.807, 2.05) is 38.1 Å². The van der Waals surface area contributed by atoms with Gasteiger partial charge < -0.3 is 9.73 Å². The molecule has 3 heteroatoms. The molecular formula is C13H16FNO.